The summed E-state index contributed by atoms with van der Waals surface area (Å²) in [6.07, 6.45) is 6.19. The van der Waals surface area contributed by atoms with Gasteiger partial charge in [0.05, 0.1) is 13.2 Å². The Balaban J connectivity index is 2.35. The minimum atomic E-state index is 0.157. The molecule has 0 saturated carbocycles. The predicted octanol–water partition coefficient (Wildman–Crippen LogP) is 4.11. The fourth-order valence-corrected chi connectivity index (χ4v) is 2.57. The molecule has 0 aromatic heterocycles. The van der Waals surface area contributed by atoms with Crippen LogP contribution in [0.2, 0.25) is 0 Å². The largest absolute Gasteiger partial charge is 0.493 e. The van der Waals surface area contributed by atoms with Gasteiger partial charge in [-0.25, -0.2) is 0 Å². The van der Waals surface area contributed by atoms with E-state index in [0.29, 0.717) is 0 Å². The van der Waals surface area contributed by atoms with Crippen LogP contribution < -0.4 is 14.8 Å². The lowest BCUT2D eigenvalue weighted by molar-refractivity contribution is 0.230. The number of hydrogen-bond acceptors (Lipinski definition) is 4. The van der Waals surface area contributed by atoms with Gasteiger partial charge in [-0.3, -0.25) is 0 Å². The van der Waals surface area contributed by atoms with Crippen molar-refractivity contribution in [1.82, 2.24) is 5.32 Å². The average Bonchev–Trinajstić information content (AvgIpc) is 2.47. The van der Waals surface area contributed by atoms with E-state index in [9.17, 15) is 0 Å². The molecule has 0 atom stereocenters. The van der Waals surface area contributed by atoms with E-state index in [1.165, 1.54) is 30.6 Å². The van der Waals surface area contributed by atoms with Crippen molar-refractivity contribution in [3.05, 3.63) is 23.8 Å². The van der Waals surface area contributed by atoms with E-state index in [2.05, 4.69) is 23.7 Å². The second kappa shape index (κ2) is 10.8. The van der Waals surface area contributed by atoms with Gasteiger partial charge in [0.1, 0.15) is 0 Å². The maximum absolute atomic E-state index is 5.72. The first kappa shape index (κ1) is 18.2. The maximum Gasteiger partial charge on any atom is 0.161 e. The molecule has 0 unspecified atom stereocenters. The molecule has 0 heterocycles. The Morgan fingerprint density at radius 1 is 1.14 bits per heavy atom. The molecule has 0 aliphatic carbocycles. The zero-order chi connectivity index (χ0) is 15.5. The van der Waals surface area contributed by atoms with E-state index in [-0.39, 0.29) is 6.10 Å². The van der Waals surface area contributed by atoms with Crippen molar-refractivity contribution in [2.45, 2.75) is 45.8 Å². The van der Waals surface area contributed by atoms with Crippen molar-refractivity contribution in [3.63, 3.8) is 0 Å². The highest BCUT2D eigenvalue weighted by Crippen LogP contribution is 2.28. The Labute approximate surface area is 133 Å². The first-order chi connectivity index (χ1) is 10.2. The third-order valence-corrected chi connectivity index (χ3v) is 3.82. The summed E-state index contributed by atoms with van der Waals surface area (Å²) in [4.78, 5) is 0. The number of nitrogens with one attached hydrogen (secondary N) is 1. The van der Waals surface area contributed by atoms with Crippen LogP contribution in [0.4, 0.5) is 0 Å². The molecule has 0 fully saturated rings. The second-order valence-electron chi connectivity index (χ2n) is 5.38. The molecule has 21 heavy (non-hydrogen) atoms. The van der Waals surface area contributed by atoms with E-state index in [1.807, 2.05) is 31.7 Å². The van der Waals surface area contributed by atoms with Crippen LogP contribution in [0.5, 0.6) is 11.5 Å². The maximum atomic E-state index is 5.72. The Kier molecular flexibility index (Phi) is 9.35. The summed E-state index contributed by atoms with van der Waals surface area (Å²) in [6.45, 7) is 5.99. The fourth-order valence-electron chi connectivity index (χ4n) is 2.08. The van der Waals surface area contributed by atoms with Crippen molar-refractivity contribution >= 4 is 11.8 Å². The number of hydrogen-bond donors (Lipinski definition) is 1. The van der Waals surface area contributed by atoms with E-state index in [1.54, 1.807) is 7.11 Å². The highest BCUT2D eigenvalue weighted by Gasteiger charge is 2.07. The van der Waals surface area contributed by atoms with E-state index in [0.717, 1.165) is 24.6 Å². The highest BCUT2D eigenvalue weighted by molar-refractivity contribution is 7.98. The Morgan fingerprint density at radius 3 is 2.62 bits per heavy atom. The summed E-state index contributed by atoms with van der Waals surface area (Å²) < 4.78 is 11.1. The Morgan fingerprint density at radius 2 is 1.95 bits per heavy atom. The molecule has 1 N–H and O–H groups in total. The molecular weight excluding hydrogens is 282 g/mol. The van der Waals surface area contributed by atoms with Crippen molar-refractivity contribution in [2.24, 2.45) is 0 Å². The highest BCUT2D eigenvalue weighted by atomic mass is 32.2. The lowest BCUT2D eigenvalue weighted by Crippen LogP contribution is -2.15. The Hall–Kier alpha value is -0.870. The van der Waals surface area contributed by atoms with Crippen LogP contribution in [0.1, 0.15) is 38.7 Å². The molecular formula is C17H29NO2S. The van der Waals surface area contributed by atoms with Crippen LogP contribution in [-0.4, -0.2) is 31.8 Å². The van der Waals surface area contributed by atoms with Crippen molar-refractivity contribution in [1.29, 1.82) is 0 Å². The quantitative estimate of drug-likeness (QED) is 0.623. The minimum absolute atomic E-state index is 0.157. The zero-order valence-corrected chi connectivity index (χ0v) is 14.6. The third kappa shape index (κ3) is 7.63. The van der Waals surface area contributed by atoms with Crippen LogP contribution in [-0.2, 0) is 6.54 Å². The zero-order valence-electron chi connectivity index (χ0n) is 13.8. The number of benzene rings is 1. The van der Waals surface area contributed by atoms with Gasteiger partial charge in [-0.2, -0.15) is 11.8 Å². The van der Waals surface area contributed by atoms with Gasteiger partial charge < -0.3 is 14.8 Å². The molecule has 3 nitrogen and oxygen atoms in total. The van der Waals surface area contributed by atoms with Crippen molar-refractivity contribution in [2.75, 3.05) is 25.7 Å². The molecule has 0 spiro atoms. The molecule has 0 bridgehead atoms. The van der Waals surface area contributed by atoms with Crippen LogP contribution in [0.3, 0.4) is 0 Å². The molecule has 4 heteroatoms. The lowest BCUT2D eigenvalue weighted by atomic mass is 10.2. The number of thioether (sulfide) groups is 1. The molecule has 0 aliphatic rings. The monoisotopic (exact) mass is 311 g/mol. The topological polar surface area (TPSA) is 30.5 Å². The molecule has 0 saturated heterocycles. The molecule has 0 radical (unpaired) electrons. The number of rotatable bonds is 11. The minimum Gasteiger partial charge on any atom is -0.493 e. The summed E-state index contributed by atoms with van der Waals surface area (Å²) in [6, 6.07) is 6.15. The summed E-state index contributed by atoms with van der Waals surface area (Å²) in [5.74, 6) is 2.89. The summed E-state index contributed by atoms with van der Waals surface area (Å²) in [7, 11) is 1.69. The van der Waals surface area contributed by atoms with Crippen molar-refractivity contribution < 1.29 is 9.47 Å². The summed E-state index contributed by atoms with van der Waals surface area (Å²) >= 11 is 1.93. The van der Waals surface area contributed by atoms with Crippen LogP contribution >= 0.6 is 11.8 Å². The van der Waals surface area contributed by atoms with Crippen LogP contribution in [0.25, 0.3) is 0 Å². The average molecular weight is 311 g/mol. The van der Waals surface area contributed by atoms with Crippen LogP contribution in [0, 0.1) is 0 Å². The molecule has 0 aliphatic heterocycles. The summed E-state index contributed by atoms with van der Waals surface area (Å²) in [5.41, 5.74) is 1.23. The van der Waals surface area contributed by atoms with Gasteiger partial charge in [-0.15, -0.1) is 0 Å². The van der Waals surface area contributed by atoms with E-state index in [4.69, 9.17) is 9.47 Å². The van der Waals surface area contributed by atoms with Gasteiger partial charge in [0.2, 0.25) is 0 Å². The number of methoxy groups -OCH3 is 1. The number of unbranched alkanes of at least 4 members (excludes halogenated alkanes) is 2. The molecule has 1 rings (SSSR count). The van der Waals surface area contributed by atoms with Gasteiger partial charge in [0.25, 0.3) is 0 Å². The standard InChI is InChI=1S/C17H29NO2S/c1-14(2)20-16-9-8-15(12-17(16)19-3)13-18-10-6-5-7-11-21-4/h8-9,12,14,18H,5-7,10-11,13H2,1-4H3. The lowest BCUT2D eigenvalue weighted by Gasteiger charge is -2.14. The van der Waals surface area contributed by atoms with Gasteiger partial charge >= 0.3 is 0 Å². The molecule has 1 aromatic carbocycles. The van der Waals surface area contributed by atoms with Gasteiger partial charge in [0.15, 0.2) is 11.5 Å². The van der Waals surface area contributed by atoms with Gasteiger partial charge in [-0.1, -0.05) is 12.5 Å². The fraction of sp³-hybridized carbons (Fsp3) is 0.647. The molecule has 120 valence electrons. The SMILES string of the molecule is COc1cc(CNCCCCCSC)ccc1OC(C)C. The second-order valence-corrected chi connectivity index (χ2v) is 6.37. The third-order valence-electron chi connectivity index (χ3n) is 3.12. The predicted molar refractivity (Wildman–Crippen MR) is 92.7 cm³/mol. The molecule has 0 amide bonds. The smallest absolute Gasteiger partial charge is 0.161 e. The Bertz CT molecular complexity index is 396. The van der Waals surface area contributed by atoms with Crippen molar-refractivity contribution in [3.8, 4) is 11.5 Å². The molecule has 1 aromatic rings. The van der Waals surface area contributed by atoms with Gasteiger partial charge in [-0.05, 0) is 62.9 Å². The first-order valence-electron chi connectivity index (χ1n) is 7.70. The van der Waals surface area contributed by atoms with E-state index >= 15 is 0 Å². The number of ether oxygens (including phenoxy) is 2. The summed E-state index contributed by atoms with van der Waals surface area (Å²) in [5, 5.41) is 3.49. The van der Waals surface area contributed by atoms with Crippen LogP contribution in [0.15, 0.2) is 18.2 Å². The van der Waals surface area contributed by atoms with E-state index < -0.39 is 0 Å². The first-order valence-corrected chi connectivity index (χ1v) is 9.10. The normalized spacial score (nSPS) is 10.9. The van der Waals surface area contributed by atoms with Gasteiger partial charge in [0, 0.05) is 6.54 Å².